The Kier molecular flexibility index (Phi) is 5.20. The number of anilines is 1. The molecule has 0 saturated carbocycles. The minimum absolute atomic E-state index is 0.00268. The molecule has 0 bridgehead atoms. The van der Waals surface area contributed by atoms with Crippen LogP contribution in [0.1, 0.15) is 5.69 Å². The standard InChI is InChI=1S/C17H11Cl2N3O4/c18-11-3-1-10(2-4-11)16-8-13(21-26-16)9-17(23)20-12-5-6-14(19)15(7-12)22(24)25/h1-8H,9H2,(H,20,23). The van der Waals surface area contributed by atoms with E-state index in [0.29, 0.717) is 16.5 Å². The Morgan fingerprint density at radius 1 is 1.15 bits per heavy atom. The molecule has 0 aliphatic heterocycles. The van der Waals surface area contributed by atoms with Crippen LogP contribution < -0.4 is 5.32 Å². The lowest BCUT2D eigenvalue weighted by molar-refractivity contribution is -0.384. The molecule has 0 atom stereocenters. The molecule has 1 amide bonds. The summed E-state index contributed by atoms with van der Waals surface area (Å²) in [5.41, 5.74) is 1.20. The Morgan fingerprint density at radius 3 is 2.58 bits per heavy atom. The zero-order chi connectivity index (χ0) is 18.7. The third-order valence-electron chi connectivity index (χ3n) is 3.46. The average molecular weight is 392 g/mol. The number of carbonyl (C=O) groups is 1. The van der Waals surface area contributed by atoms with Crippen molar-refractivity contribution >= 4 is 40.5 Å². The van der Waals surface area contributed by atoms with Gasteiger partial charge in [0.05, 0.1) is 17.0 Å². The van der Waals surface area contributed by atoms with E-state index in [1.54, 1.807) is 30.3 Å². The second kappa shape index (κ2) is 7.55. The maximum absolute atomic E-state index is 12.1. The predicted molar refractivity (Wildman–Crippen MR) is 97.4 cm³/mol. The summed E-state index contributed by atoms with van der Waals surface area (Å²) in [7, 11) is 0. The zero-order valence-corrected chi connectivity index (χ0v) is 14.6. The van der Waals surface area contributed by atoms with Crippen LogP contribution in [0.15, 0.2) is 53.1 Å². The first-order valence-corrected chi connectivity index (χ1v) is 8.13. The van der Waals surface area contributed by atoms with Gasteiger partial charge in [-0.1, -0.05) is 28.4 Å². The summed E-state index contributed by atoms with van der Waals surface area (Å²) >= 11 is 11.6. The van der Waals surface area contributed by atoms with Crippen LogP contribution in [0.3, 0.4) is 0 Å². The third-order valence-corrected chi connectivity index (χ3v) is 4.03. The van der Waals surface area contributed by atoms with Gasteiger partial charge in [-0.3, -0.25) is 14.9 Å². The van der Waals surface area contributed by atoms with Gasteiger partial charge in [0, 0.05) is 28.4 Å². The van der Waals surface area contributed by atoms with Gasteiger partial charge in [-0.2, -0.15) is 0 Å². The van der Waals surface area contributed by atoms with E-state index in [0.717, 1.165) is 5.56 Å². The van der Waals surface area contributed by atoms with Crippen molar-refractivity contribution in [1.82, 2.24) is 5.16 Å². The number of nitro benzene ring substituents is 1. The van der Waals surface area contributed by atoms with E-state index in [-0.39, 0.29) is 22.8 Å². The van der Waals surface area contributed by atoms with Crippen LogP contribution in [-0.4, -0.2) is 16.0 Å². The number of carbonyl (C=O) groups excluding carboxylic acids is 1. The molecule has 0 fully saturated rings. The van der Waals surface area contributed by atoms with Crippen LogP contribution in [0.4, 0.5) is 11.4 Å². The number of amides is 1. The van der Waals surface area contributed by atoms with E-state index in [1.807, 2.05) is 0 Å². The van der Waals surface area contributed by atoms with Crippen LogP contribution in [0.2, 0.25) is 10.0 Å². The first kappa shape index (κ1) is 17.9. The number of aromatic nitrogens is 1. The number of rotatable bonds is 5. The molecule has 1 N–H and O–H groups in total. The molecule has 1 aromatic heterocycles. The van der Waals surface area contributed by atoms with Crippen molar-refractivity contribution in [2.24, 2.45) is 0 Å². The fraction of sp³-hybridized carbons (Fsp3) is 0.0588. The van der Waals surface area contributed by atoms with E-state index >= 15 is 0 Å². The molecule has 1 heterocycles. The quantitative estimate of drug-likeness (QED) is 0.500. The molecular formula is C17H11Cl2N3O4. The molecule has 0 saturated heterocycles. The van der Waals surface area contributed by atoms with Crippen LogP contribution in [-0.2, 0) is 11.2 Å². The first-order chi connectivity index (χ1) is 12.4. The van der Waals surface area contributed by atoms with Crippen molar-refractivity contribution in [3.8, 4) is 11.3 Å². The lowest BCUT2D eigenvalue weighted by atomic mass is 10.1. The Labute approximate surface area is 157 Å². The van der Waals surface area contributed by atoms with Crippen molar-refractivity contribution in [1.29, 1.82) is 0 Å². The van der Waals surface area contributed by atoms with E-state index in [4.69, 9.17) is 27.7 Å². The fourth-order valence-electron chi connectivity index (χ4n) is 2.25. The van der Waals surface area contributed by atoms with Gasteiger partial charge in [-0.15, -0.1) is 0 Å². The molecule has 7 nitrogen and oxygen atoms in total. The van der Waals surface area contributed by atoms with Crippen LogP contribution in [0.5, 0.6) is 0 Å². The Hall–Kier alpha value is -2.90. The summed E-state index contributed by atoms with van der Waals surface area (Å²) in [6.45, 7) is 0. The summed E-state index contributed by atoms with van der Waals surface area (Å²) in [4.78, 5) is 22.4. The van der Waals surface area contributed by atoms with Gasteiger partial charge in [0.1, 0.15) is 5.02 Å². The smallest absolute Gasteiger partial charge is 0.289 e. The monoisotopic (exact) mass is 391 g/mol. The fourth-order valence-corrected chi connectivity index (χ4v) is 2.56. The van der Waals surface area contributed by atoms with Gasteiger partial charge < -0.3 is 9.84 Å². The zero-order valence-electron chi connectivity index (χ0n) is 13.1. The van der Waals surface area contributed by atoms with Crippen molar-refractivity contribution in [3.63, 3.8) is 0 Å². The molecule has 3 aromatic rings. The molecule has 26 heavy (non-hydrogen) atoms. The maximum Gasteiger partial charge on any atom is 0.289 e. The van der Waals surface area contributed by atoms with Crippen molar-refractivity contribution in [2.45, 2.75) is 6.42 Å². The Balaban J connectivity index is 1.68. The molecule has 2 aromatic carbocycles. The van der Waals surface area contributed by atoms with Gasteiger partial charge >= 0.3 is 0 Å². The van der Waals surface area contributed by atoms with Crippen LogP contribution in [0, 0.1) is 10.1 Å². The SMILES string of the molecule is O=C(Cc1cc(-c2ccc(Cl)cc2)on1)Nc1ccc(Cl)c([N+](=O)[O-])c1. The normalized spacial score (nSPS) is 10.5. The summed E-state index contributed by atoms with van der Waals surface area (Å²) in [6.07, 6.45) is -0.0481. The number of nitro groups is 1. The summed E-state index contributed by atoms with van der Waals surface area (Å²) in [5, 5.41) is 17.9. The lowest BCUT2D eigenvalue weighted by Crippen LogP contribution is -2.14. The minimum atomic E-state index is -0.617. The number of hydrogen-bond donors (Lipinski definition) is 1. The summed E-state index contributed by atoms with van der Waals surface area (Å²) < 4.78 is 5.23. The highest BCUT2D eigenvalue weighted by molar-refractivity contribution is 6.32. The molecule has 3 rings (SSSR count). The number of nitrogens with zero attached hydrogens (tertiary/aromatic N) is 2. The largest absolute Gasteiger partial charge is 0.356 e. The Morgan fingerprint density at radius 2 is 1.88 bits per heavy atom. The number of nitrogens with one attached hydrogen (secondary N) is 1. The molecule has 132 valence electrons. The van der Waals surface area contributed by atoms with Crippen molar-refractivity contribution in [2.75, 3.05) is 5.32 Å². The van der Waals surface area contributed by atoms with E-state index in [2.05, 4.69) is 10.5 Å². The predicted octanol–water partition coefficient (Wildman–Crippen LogP) is 4.74. The maximum atomic E-state index is 12.1. The molecule has 0 aliphatic rings. The van der Waals surface area contributed by atoms with E-state index in [1.165, 1.54) is 18.2 Å². The number of hydrogen-bond acceptors (Lipinski definition) is 5. The highest BCUT2D eigenvalue weighted by Crippen LogP contribution is 2.27. The van der Waals surface area contributed by atoms with Gasteiger partial charge in [0.15, 0.2) is 5.76 Å². The molecule has 0 spiro atoms. The molecule has 0 radical (unpaired) electrons. The van der Waals surface area contributed by atoms with E-state index < -0.39 is 10.8 Å². The van der Waals surface area contributed by atoms with Gasteiger partial charge in [0.2, 0.25) is 5.91 Å². The number of benzene rings is 2. The first-order valence-electron chi connectivity index (χ1n) is 7.38. The van der Waals surface area contributed by atoms with Crippen LogP contribution >= 0.6 is 23.2 Å². The molecule has 0 unspecified atom stereocenters. The molecular weight excluding hydrogens is 381 g/mol. The number of halogens is 2. The van der Waals surface area contributed by atoms with Crippen molar-refractivity contribution in [3.05, 3.63) is 74.4 Å². The third kappa shape index (κ3) is 4.19. The summed E-state index contributed by atoms with van der Waals surface area (Å²) in [6, 6.07) is 12.7. The van der Waals surface area contributed by atoms with Gasteiger partial charge in [-0.05, 0) is 36.4 Å². The Bertz CT molecular complexity index is 970. The van der Waals surface area contributed by atoms with Gasteiger partial charge in [-0.25, -0.2) is 0 Å². The highest BCUT2D eigenvalue weighted by atomic mass is 35.5. The van der Waals surface area contributed by atoms with E-state index in [9.17, 15) is 14.9 Å². The molecule has 0 aliphatic carbocycles. The van der Waals surface area contributed by atoms with Crippen molar-refractivity contribution < 1.29 is 14.2 Å². The summed E-state index contributed by atoms with van der Waals surface area (Å²) in [5.74, 6) is 0.115. The van der Waals surface area contributed by atoms with Gasteiger partial charge in [0.25, 0.3) is 5.69 Å². The average Bonchev–Trinajstić information content (AvgIpc) is 3.05. The second-order valence-corrected chi connectivity index (χ2v) is 6.18. The molecule has 9 heteroatoms. The van der Waals surface area contributed by atoms with Crippen LogP contribution in [0.25, 0.3) is 11.3 Å². The lowest BCUT2D eigenvalue weighted by Gasteiger charge is -2.04. The second-order valence-electron chi connectivity index (χ2n) is 5.34. The topological polar surface area (TPSA) is 98.3 Å². The highest BCUT2D eigenvalue weighted by Gasteiger charge is 2.15. The minimum Gasteiger partial charge on any atom is -0.356 e.